The Morgan fingerprint density at radius 3 is 2.46 bits per heavy atom. The smallest absolute Gasteiger partial charge is 0.321 e. The Labute approximate surface area is 76.0 Å². The van der Waals surface area contributed by atoms with Gasteiger partial charge in [-0.15, -0.1) is 6.58 Å². The van der Waals surface area contributed by atoms with Crippen LogP contribution in [0, 0.1) is 0 Å². The fraction of sp³-hybridized carbons (Fsp3) is 0.500. The summed E-state index contributed by atoms with van der Waals surface area (Å²) in [5.41, 5.74) is 0. The number of nitrogens with one attached hydrogen (secondary N) is 1. The molecule has 0 aromatic heterocycles. The molecule has 0 fully saturated rings. The summed E-state index contributed by atoms with van der Waals surface area (Å²) in [6.07, 6.45) is 1.39. The van der Waals surface area contributed by atoms with Crippen LogP contribution < -0.4 is 5.32 Å². The maximum atomic E-state index is 10.4. The summed E-state index contributed by atoms with van der Waals surface area (Å²) >= 11 is 0. The van der Waals surface area contributed by atoms with Gasteiger partial charge in [-0.3, -0.25) is 14.7 Å². The quantitative estimate of drug-likeness (QED) is 0.387. The van der Waals surface area contributed by atoms with Gasteiger partial charge < -0.3 is 5.11 Å². The molecular weight excluding hydrogens is 198 g/mol. The van der Waals surface area contributed by atoms with Gasteiger partial charge in [-0.05, 0) is 0 Å². The van der Waals surface area contributed by atoms with Crippen LogP contribution in [0.2, 0.25) is 0 Å². The number of carboxylic acid groups (broad SMARTS) is 1. The molecular formula is C6H11NO5S. The molecule has 0 aliphatic carbocycles. The Kier molecular flexibility index (Phi) is 4.60. The molecule has 0 amide bonds. The topological polar surface area (TPSA) is 104 Å². The van der Waals surface area contributed by atoms with Crippen molar-refractivity contribution in [3.05, 3.63) is 12.7 Å². The van der Waals surface area contributed by atoms with E-state index in [0.29, 0.717) is 0 Å². The first-order chi connectivity index (χ1) is 5.87. The van der Waals surface area contributed by atoms with E-state index >= 15 is 0 Å². The summed E-state index contributed by atoms with van der Waals surface area (Å²) in [5, 5.41) is 10.9. The van der Waals surface area contributed by atoms with Crippen molar-refractivity contribution in [2.45, 2.75) is 6.04 Å². The van der Waals surface area contributed by atoms with Crippen molar-refractivity contribution in [1.82, 2.24) is 5.32 Å². The van der Waals surface area contributed by atoms with E-state index in [1.807, 2.05) is 0 Å². The van der Waals surface area contributed by atoms with Crippen LogP contribution in [0.25, 0.3) is 0 Å². The Morgan fingerprint density at radius 2 is 2.15 bits per heavy atom. The van der Waals surface area contributed by atoms with E-state index in [-0.39, 0.29) is 6.54 Å². The summed E-state index contributed by atoms with van der Waals surface area (Å²) in [6.45, 7) is 3.48. The molecule has 3 N–H and O–H groups in total. The lowest BCUT2D eigenvalue weighted by Crippen LogP contribution is -2.42. The van der Waals surface area contributed by atoms with Crippen molar-refractivity contribution in [2.24, 2.45) is 0 Å². The van der Waals surface area contributed by atoms with Gasteiger partial charge in [0.15, 0.2) is 0 Å². The molecule has 0 aromatic rings. The second kappa shape index (κ2) is 4.95. The third-order valence-electron chi connectivity index (χ3n) is 1.18. The summed E-state index contributed by atoms with van der Waals surface area (Å²) in [5.74, 6) is -2.18. The minimum Gasteiger partial charge on any atom is -0.480 e. The van der Waals surface area contributed by atoms with Crippen LogP contribution >= 0.6 is 0 Å². The molecule has 0 radical (unpaired) electrons. The highest BCUT2D eigenvalue weighted by Crippen LogP contribution is 1.91. The first-order valence-electron chi connectivity index (χ1n) is 3.39. The standard InChI is InChI=1S/C6H11NO5S/c1-2-3-7-5(6(8)9)4-13(10,11)12/h2,5,7H,1,3-4H2,(H,8,9)(H,10,11,12)/t5-/m0/s1. The second-order valence-electron chi connectivity index (χ2n) is 2.34. The molecule has 0 aromatic carbocycles. The van der Waals surface area contributed by atoms with Gasteiger partial charge in [0.25, 0.3) is 10.1 Å². The van der Waals surface area contributed by atoms with Gasteiger partial charge in [0, 0.05) is 6.54 Å². The third-order valence-corrected chi connectivity index (χ3v) is 1.94. The number of rotatable bonds is 6. The van der Waals surface area contributed by atoms with Gasteiger partial charge in [0.2, 0.25) is 0 Å². The molecule has 0 spiro atoms. The maximum absolute atomic E-state index is 10.4. The molecule has 6 nitrogen and oxygen atoms in total. The zero-order chi connectivity index (χ0) is 10.5. The number of carboxylic acids is 1. The van der Waals surface area contributed by atoms with Crippen LogP contribution in [-0.2, 0) is 14.9 Å². The summed E-state index contributed by atoms with van der Waals surface area (Å²) in [6, 6.07) is -1.31. The van der Waals surface area contributed by atoms with E-state index in [0.717, 1.165) is 0 Å². The van der Waals surface area contributed by atoms with E-state index in [2.05, 4.69) is 11.9 Å². The number of aliphatic carboxylic acids is 1. The minimum absolute atomic E-state index is 0.159. The highest BCUT2D eigenvalue weighted by atomic mass is 32.2. The van der Waals surface area contributed by atoms with Gasteiger partial charge in [-0.1, -0.05) is 6.08 Å². The lowest BCUT2D eigenvalue weighted by Gasteiger charge is -2.10. The maximum Gasteiger partial charge on any atom is 0.321 e. The van der Waals surface area contributed by atoms with Gasteiger partial charge in [0.1, 0.15) is 11.8 Å². The Hall–Kier alpha value is -0.920. The van der Waals surface area contributed by atoms with E-state index < -0.39 is 27.9 Å². The van der Waals surface area contributed by atoms with Gasteiger partial charge in [0.05, 0.1) is 0 Å². The van der Waals surface area contributed by atoms with Crippen LogP contribution in [-0.4, -0.2) is 42.4 Å². The third kappa shape index (κ3) is 6.26. The molecule has 0 saturated carbocycles. The molecule has 0 bridgehead atoms. The molecule has 1 atom stereocenters. The Morgan fingerprint density at radius 1 is 1.62 bits per heavy atom. The monoisotopic (exact) mass is 209 g/mol. The molecule has 7 heteroatoms. The fourth-order valence-corrected chi connectivity index (χ4v) is 1.34. The van der Waals surface area contributed by atoms with Crippen molar-refractivity contribution in [1.29, 1.82) is 0 Å². The van der Waals surface area contributed by atoms with Crippen molar-refractivity contribution in [3.8, 4) is 0 Å². The van der Waals surface area contributed by atoms with Crippen molar-refractivity contribution < 1.29 is 22.9 Å². The minimum atomic E-state index is -4.28. The van der Waals surface area contributed by atoms with Gasteiger partial charge in [-0.25, -0.2) is 0 Å². The fourth-order valence-electron chi connectivity index (χ4n) is 0.654. The van der Waals surface area contributed by atoms with Crippen molar-refractivity contribution >= 4 is 16.1 Å². The first kappa shape index (κ1) is 12.1. The molecule has 0 aliphatic rings. The molecule has 0 unspecified atom stereocenters. The highest BCUT2D eigenvalue weighted by Gasteiger charge is 2.22. The van der Waals surface area contributed by atoms with Gasteiger partial charge in [-0.2, -0.15) is 8.42 Å². The normalized spacial score (nSPS) is 13.6. The number of hydrogen-bond acceptors (Lipinski definition) is 4. The molecule has 0 heterocycles. The lowest BCUT2D eigenvalue weighted by atomic mass is 10.3. The van der Waals surface area contributed by atoms with Crippen LogP contribution in [0.5, 0.6) is 0 Å². The molecule has 0 aliphatic heterocycles. The average Bonchev–Trinajstić information content (AvgIpc) is 1.95. The molecule has 0 saturated heterocycles. The van der Waals surface area contributed by atoms with Crippen LogP contribution in [0.4, 0.5) is 0 Å². The zero-order valence-corrected chi connectivity index (χ0v) is 7.62. The SMILES string of the molecule is C=CCN[C@@H](CS(=O)(=O)O)C(=O)O. The number of hydrogen-bond donors (Lipinski definition) is 3. The number of carbonyl (C=O) groups is 1. The summed E-state index contributed by atoms with van der Waals surface area (Å²) in [7, 11) is -4.28. The van der Waals surface area contributed by atoms with Crippen molar-refractivity contribution in [3.63, 3.8) is 0 Å². The van der Waals surface area contributed by atoms with E-state index in [1.54, 1.807) is 0 Å². The lowest BCUT2D eigenvalue weighted by molar-refractivity contribution is -0.138. The molecule has 76 valence electrons. The predicted octanol–water partition coefficient (Wildman–Crippen LogP) is -0.897. The molecule has 0 rings (SSSR count). The summed E-state index contributed by atoms with van der Waals surface area (Å²) < 4.78 is 29.1. The van der Waals surface area contributed by atoms with Crippen LogP contribution in [0.1, 0.15) is 0 Å². The Balaban J connectivity index is 4.27. The van der Waals surface area contributed by atoms with E-state index in [4.69, 9.17) is 9.66 Å². The van der Waals surface area contributed by atoms with E-state index in [1.165, 1.54) is 6.08 Å². The first-order valence-corrected chi connectivity index (χ1v) is 5.00. The molecule has 13 heavy (non-hydrogen) atoms. The largest absolute Gasteiger partial charge is 0.480 e. The summed E-state index contributed by atoms with van der Waals surface area (Å²) in [4.78, 5) is 10.4. The van der Waals surface area contributed by atoms with Gasteiger partial charge >= 0.3 is 5.97 Å². The predicted molar refractivity (Wildman–Crippen MR) is 46.0 cm³/mol. The zero-order valence-electron chi connectivity index (χ0n) is 6.80. The Bertz CT molecular complexity index is 283. The van der Waals surface area contributed by atoms with Crippen LogP contribution in [0.3, 0.4) is 0 Å². The van der Waals surface area contributed by atoms with Crippen LogP contribution in [0.15, 0.2) is 12.7 Å². The highest BCUT2D eigenvalue weighted by molar-refractivity contribution is 7.85. The van der Waals surface area contributed by atoms with E-state index in [9.17, 15) is 13.2 Å². The second-order valence-corrected chi connectivity index (χ2v) is 3.83. The van der Waals surface area contributed by atoms with Crippen molar-refractivity contribution in [2.75, 3.05) is 12.3 Å². The average molecular weight is 209 g/mol.